The summed E-state index contributed by atoms with van der Waals surface area (Å²) < 4.78 is 13.7. The lowest BCUT2D eigenvalue weighted by Crippen LogP contribution is -2.26. The van der Waals surface area contributed by atoms with Gasteiger partial charge in [0, 0.05) is 17.1 Å². The number of hydrogen-bond donors (Lipinski definition) is 2. The summed E-state index contributed by atoms with van der Waals surface area (Å²) in [6, 6.07) is 4.78. The number of carbonyl (C=O) groups is 1. The molecule has 0 aliphatic carbocycles. The number of aliphatic carboxylic acids is 1. The molecule has 0 aliphatic heterocycles. The molecule has 0 spiro atoms. The van der Waals surface area contributed by atoms with E-state index in [9.17, 15) is 9.18 Å². The van der Waals surface area contributed by atoms with Gasteiger partial charge in [-0.15, -0.1) is 0 Å². The van der Waals surface area contributed by atoms with Crippen molar-refractivity contribution in [1.82, 2.24) is 4.98 Å². The third kappa shape index (κ3) is 2.02. The molecule has 2 rings (SSSR count). The van der Waals surface area contributed by atoms with Crippen molar-refractivity contribution >= 4 is 16.9 Å². The van der Waals surface area contributed by atoms with Gasteiger partial charge in [-0.2, -0.15) is 0 Å². The first kappa shape index (κ1) is 11.6. The Kier molecular flexibility index (Phi) is 2.65. The molecule has 0 saturated heterocycles. The van der Waals surface area contributed by atoms with Gasteiger partial charge in [-0.1, -0.05) is 6.07 Å². The van der Waals surface area contributed by atoms with E-state index in [4.69, 9.17) is 5.11 Å². The van der Waals surface area contributed by atoms with E-state index in [1.165, 1.54) is 6.07 Å². The van der Waals surface area contributed by atoms with Crippen molar-refractivity contribution in [1.29, 1.82) is 0 Å². The van der Waals surface area contributed by atoms with Crippen molar-refractivity contribution in [3.8, 4) is 0 Å². The Morgan fingerprint density at radius 1 is 1.47 bits per heavy atom. The van der Waals surface area contributed by atoms with Crippen molar-refractivity contribution in [3.63, 3.8) is 0 Å². The second kappa shape index (κ2) is 3.87. The first-order chi connectivity index (χ1) is 7.92. The Bertz CT molecular complexity index is 572. The van der Waals surface area contributed by atoms with Crippen LogP contribution in [0, 0.1) is 11.2 Å². The molecule has 0 aliphatic rings. The Labute approximate surface area is 98.3 Å². The fourth-order valence-corrected chi connectivity index (χ4v) is 1.90. The molecule has 90 valence electrons. The van der Waals surface area contributed by atoms with Crippen LogP contribution in [-0.4, -0.2) is 16.1 Å². The van der Waals surface area contributed by atoms with Crippen LogP contribution in [0.1, 0.15) is 19.4 Å². The minimum atomic E-state index is -0.905. The van der Waals surface area contributed by atoms with Crippen molar-refractivity contribution < 1.29 is 14.3 Å². The van der Waals surface area contributed by atoms with Crippen LogP contribution in [0.4, 0.5) is 4.39 Å². The van der Waals surface area contributed by atoms with Crippen LogP contribution < -0.4 is 0 Å². The molecule has 0 radical (unpaired) electrons. The number of carboxylic acid groups (broad SMARTS) is 1. The van der Waals surface area contributed by atoms with Gasteiger partial charge in [0.05, 0.1) is 5.41 Å². The lowest BCUT2D eigenvalue weighted by atomic mass is 9.86. The molecule has 0 saturated carbocycles. The van der Waals surface area contributed by atoms with E-state index in [2.05, 4.69) is 4.98 Å². The maximum Gasteiger partial charge on any atom is 0.309 e. The van der Waals surface area contributed by atoms with Crippen LogP contribution in [-0.2, 0) is 11.2 Å². The summed E-state index contributed by atoms with van der Waals surface area (Å²) in [7, 11) is 0. The molecule has 2 N–H and O–H groups in total. The molecule has 1 heterocycles. The lowest BCUT2D eigenvalue weighted by Gasteiger charge is -2.18. The molecule has 0 unspecified atom stereocenters. The molecular weight excluding hydrogens is 221 g/mol. The molecule has 0 fully saturated rings. The summed E-state index contributed by atoms with van der Waals surface area (Å²) in [6.45, 7) is 3.27. The maximum atomic E-state index is 13.7. The van der Waals surface area contributed by atoms with Gasteiger partial charge >= 0.3 is 5.97 Å². The summed E-state index contributed by atoms with van der Waals surface area (Å²) in [6.07, 6.45) is 1.97. The fraction of sp³-hybridized carbons (Fsp3) is 0.308. The molecule has 0 bridgehead atoms. The zero-order valence-corrected chi connectivity index (χ0v) is 9.75. The minimum Gasteiger partial charge on any atom is -0.481 e. The zero-order chi connectivity index (χ0) is 12.6. The Hall–Kier alpha value is -1.84. The van der Waals surface area contributed by atoms with Crippen LogP contribution >= 0.6 is 0 Å². The molecule has 1 aromatic heterocycles. The highest BCUT2D eigenvalue weighted by atomic mass is 19.1. The number of benzene rings is 1. The average molecular weight is 235 g/mol. The van der Waals surface area contributed by atoms with Crippen LogP contribution in [0.5, 0.6) is 0 Å². The number of halogens is 1. The molecule has 1 aromatic carbocycles. The van der Waals surface area contributed by atoms with Gasteiger partial charge in [0.1, 0.15) is 5.82 Å². The van der Waals surface area contributed by atoms with E-state index in [1.54, 1.807) is 32.2 Å². The number of fused-ring (bicyclic) bond motifs is 1. The lowest BCUT2D eigenvalue weighted by molar-refractivity contribution is -0.146. The fourth-order valence-electron chi connectivity index (χ4n) is 1.90. The van der Waals surface area contributed by atoms with Crippen molar-refractivity contribution in [2.45, 2.75) is 20.3 Å². The SMILES string of the molecule is CC(C)(Cc1c[nH]c2cccc(F)c12)C(=O)O. The van der Waals surface area contributed by atoms with Crippen molar-refractivity contribution in [3.05, 3.63) is 35.8 Å². The predicted octanol–water partition coefficient (Wildman–Crippen LogP) is 2.96. The third-order valence-corrected chi connectivity index (χ3v) is 2.95. The summed E-state index contributed by atoms with van der Waals surface area (Å²) >= 11 is 0. The monoisotopic (exact) mass is 235 g/mol. The zero-order valence-electron chi connectivity index (χ0n) is 9.75. The largest absolute Gasteiger partial charge is 0.481 e. The Morgan fingerprint density at radius 2 is 2.18 bits per heavy atom. The number of H-pyrrole nitrogens is 1. The van der Waals surface area contributed by atoms with E-state index in [1.807, 2.05) is 0 Å². The molecular formula is C13H14FNO2. The maximum absolute atomic E-state index is 13.7. The first-order valence-electron chi connectivity index (χ1n) is 5.40. The van der Waals surface area contributed by atoms with Crippen LogP contribution in [0.2, 0.25) is 0 Å². The van der Waals surface area contributed by atoms with Gasteiger partial charge in [-0.05, 0) is 38.0 Å². The number of carboxylic acids is 1. The van der Waals surface area contributed by atoms with E-state index in [0.717, 1.165) is 0 Å². The smallest absolute Gasteiger partial charge is 0.309 e. The molecule has 3 nitrogen and oxygen atoms in total. The van der Waals surface area contributed by atoms with Crippen LogP contribution in [0.25, 0.3) is 10.9 Å². The second-order valence-electron chi connectivity index (χ2n) is 4.84. The van der Waals surface area contributed by atoms with Gasteiger partial charge in [-0.25, -0.2) is 4.39 Å². The van der Waals surface area contributed by atoms with Gasteiger partial charge in [-0.3, -0.25) is 4.79 Å². The second-order valence-corrected chi connectivity index (χ2v) is 4.84. The molecule has 4 heteroatoms. The highest BCUT2D eigenvalue weighted by molar-refractivity contribution is 5.85. The predicted molar refractivity (Wildman–Crippen MR) is 63.4 cm³/mol. The summed E-state index contributed by atoms with van der Waals surface area (Å²) in [5.41, 5.74) is 0.490. The number of rotatable bonds is 3. The molecule has 0 amide bonds. The number of hydrogen-bond acceptors (Lipinski definition) is 1. The highest BCUT2D eigenvalue weighted by Gasteiger charge is 2.28. The normalized spacial score (nSPS) is 11.9. The van der Waals surface area contributed by atoms with E-state index in [-0.39, 0.29) is 5.82 Å². The van der Waals surface area contributed by atoms with E-state index in [0.29, 0.717) is 22.9 Å². The number of aromatic nitrogens is 1. The minimum absolute atomic E-state index is 0.295. The van der Waals surface area contributed by atoms with Crippen molar-refractivity contribution in [2.75, 3.05) is 0 Å². The first-order valence-corrected chi connectivity index (χ1v) is 5.40. The Morgan fingerprint density at radius 3 is 2.82 bits per heavy atom. The average Bonchev–Trinajstić information content (AvgIpc) is 2.62. The molecule has 0 atom stereocenters. The van der Waals surface area contributed by atoms with E-state index < -0.39 is 11.4 Å². The molecule has 2 aromatic rings. The standard InChI is InChI=1S/C13H14FNO2/c1-13(2,12(16)17)6-8-7-15-10-5-3-4-9(14)11(8)10/h3-5,7,15H,6H2,1-2H3,(H,16,17). The number of nitrogens with one attached hydrogen (secondary N) is 1. The quantitative estimate of drug-likeness (QED) is 0.859. The van der Waals surface area contributed by atoms with Gasteiger partial charge < -0.3 is 10.1 Å². The van der Waals surface area contributed by atoms with Crippen molar-refractivity contribution in [2.24, 2.45) is 5.41 Å². The van der Waals surface area contributed by atoms with Gasteiger partial charge in [0.2, 0.25) is 0 Å². The highest BCUT2D eigenvalue weighted by Crippen LogP contribution is 2.28. The summed E-state index contributed by atoms with van der Waals surface area (Å²) in [5, 5.41) is 9.57. The Balaban J connectivity index is 2.47. The van der Waals surface area contributed by atoms with Crippen LogP contribution in [0.3, 0.4) is 0 Å². The molecule has 17 heavy (non-hydrogen) atoms. The topological polar surface area (TPSA) is 53.1 Å². The van der Waals surface area contributed by atoms with E-state index >= 15 is 0 Å². The van der Waals surface area contributed by atoms with Crippen LogP contribution in [0.15, 0.2) is 24.4 Å². The summed E-state index contributed by atoms with van der Waals surface area (Å²) in [5.74, 6) is -1.21. The van der Waals surface area contributed by atoms with Gasteiger partial charge in [0.25, 0.3) is 0 Å². The summed E-state index contributed by atoms with van der Waals surface area (Å²) in [4.78, 5) is 14.0. The number of aromatic amines is 1. The third-order valence-electron chi connectivity index (χ3n) is 2.95. The van der Waals surface area contributed by atoms with Gasteiger partial charge in [0.15, 0.2) is 0 Å².